The Morgan fingerprint density at radius 1 is 1.40 bits per heavy atom. The predicted molar refractivity (Wildman–Crippen MR) is 86.0 cm³/mol. The Balaban J connectivity index is 2.50. The van der Waals surface area contributed by atoms with Gasteiger partial charge in [0, 0.05) is 18.2 Å². The number of amides is 1. The lowest BCUT2D eigenvalue weighted by atomic mass is 10.1. The molecule has 5 heteroatoms. The third-order valence-corrected chi connectivity index (χ3v) is 2.83. The van der Waals surface area contributed by atoms with Crippen LogP contribution in [0.1, 0.15) is 33.6 Å². The third kappa shape index (κ3) is 6.52. The Morgan fingerprint density at radius 3 is 2.80 bits per heavy atom. The molecule has 0 bridgehead atoms. The first-order chi connectivity index (χ1) is 9.51. The summed E-state index contributed by atoms with van der Waals surface area (Å²) < 4.78 is 5.67. The lowest BCUT2D eigenvalue weighted by Crippen LogP contribution is -2.33. The van der Waals surface area contributed by atoms with Crippen molar-refractivity contribution in [2.45, 2.75) is 33.6 Å². The molecule has 0 aliphatic carbocycles. The molecular formula is C15H22N2O2S. The van der Waals surface area contributed by atoms with Crippen LogP contribution >= 0.6 is 12.2 Å². The van der Waals surface area contributed by atoms with Crippen LogP contribution in [0.15, 0.2) is 24.3 Å². The van der Waals surface area contributed by atoms with Crippen LogP contribution in [-0.4, -0.2) is 17.6 Å². The molecule has 0 aromatic heterocycles. The van der Waals surface area contributed by atoms with Gasteiger partial charge in [0.1, 0.15) is 5.75 Å². The first-order valence-corrected chi connectivity index (χ1v) is 7.25. The average molecular weight is 294 g/mol. The quantitative estimate of drug-likeness (QED) is 0.790. The second-order valence-corrected chi connectivity index (χ2v) is 5.32. The third-order valence-electron chi connectivity index (χ3n) is 2.63. The molecule has 0 heterocycles. The van der Waals surface area contributed by atoms with Crippen LogP contribution in [-0.2, 0) is 4.79 Å². The van der Waals surface area contributed by atoms with Crippen molar-refractivity contribution < 1.29 is 9.53 Å². The molecule has 1 aromatic rings. The Bertz CT molecular complexity index is 461. The van der Waals surface area contributed by atoms with Crippen molar-refractivity contribution in [2.75, 3.05) is 11.9 Å². The normalized spacial score (nSPS) is 10.2. The zero-order valence-corrected chi connectivity index (χ0v) is 13.0. The van der Waals surface area contributed by atoms with Crippen molar-refractivity contribution in [3.8, 4) is 5.75 Å². The molecule has 0 saturated heterocycles. The molecule has 1 aromatic carbocycles. The van der Waals surface area contributed by atoms with E-state index in [1.54, 1.807) is 6.92 Å². The Labute approximate surface area is 125 Å². The average Bonchev–Trinajstić information content (AvgIpc) is 2.38. The van der Waals surface area contributed by atoms with Crippen LogP contribution < -0.4 is 15.4 Å². The molecule has 0 saturated carbocycles. The zero-order valence-electron chi connectivity index (χ0n) is 12.2. The molecule has 2 N–H and O–H groups in total. The Morgan fingerprint density at radius 2 is 2.15 bits per heavy atom. The number of hydrogen-bond acceptors (Lipinski definition) is 3. The molecule has 0 aliphatic rings. The van der Waals surface area contributed by atoms with E-state index in [2.05, 4.69) is 24.5 Å². The maximum atomic E-state index is 11.2. The summed E-state index contributed by atoms with van der Waals surface area (Å²) in [5.41, 5.74) is 0.799. The first kappa shape index (κ1) is 16.4. The largest absolute Gasteiger partial charge is 0.494 e. The number of ether oxygens (including phenoxy) is 1. The molecular weight excluding hydrogens is 272 g/mol. The Hall–Kier alpha value is -1.62. The summed E-state index contributed by atoms with van der Waals surface area (Å²) in [4.78, 5) is 11.2. The van der Waals surface area contributed by atoms with Crippen LogP contribution in [0, 0.1) is 5.92 Å². The van der Waals surface area contributed by atoms with E-state index in [4.69, 9.17) is 17.0 Å². The van der Waals surface area contributed by atoms with Gasteiger partial charge in [0.15, 0.2) is 5.11 Å². The fourth-order valence-corrected chi connectivity index (χ4v) is 1.69. The summed E-state index contributed by atoms with van der Waals surface area (Å²) in [6.45, 7) is 6.80. The van der Waals surface area contributed by atoms with Crippen LogP contribution in [0.3, 0.4) is 0 Å². The predicted octanol–water partition coefficient (Wildman–Crippen LogP) is 3.33. The molecule has 20 heavy (non-hydrogen) atoms. The van der Waals surface area contributed by atoms with E-state index in [-0.39, 0.29) is 5.91 Å². The molecule has 0 aliphatic heterocycles. The summed E-state index contributed by atoms with van der Waals surface area (Å²) in [6, 6.07) is 7.53. The topological polar surface area (TPSA) is 50.4 Å². The highest BCUT2D eigenvalue weighted by molar-refractivity contribution is 7.80. The van der Waals surface area contributed by atoms with Crippen LogP contribution in [0.4, 0.5) is 5.69 Å². The molecule has 0 radical (unpaired) electrons. The number of thiocarbonyl (C=S) groups is 1. The molecule has 1 amide bonds. The highest BCUT2D eigenvalue weighted by atomic mass is 32.1. The second kappa shape index (κ2) is 8.53. The zero-order chi connectivity index (χ0) is 15.0. The van der Waals surface area contributed by atoms with Gasteiger partial charge in [-0.2, -0.15) is 0 Å². The van der Waals surface area contributed by atoms with Gasteiger partial charge in [-0.15, -0.1) is 0 Å². The minimum Gasteiger partial charge on any atom is -0.494 e. The van der Waals surface area contributed by atoms with Crippen LogP contribution in [0.5, 0.6) is 5.75 Å². The van der Waals surface area contributed by atoms with Crippen LogP contribution in [0.2, 0.25) is 0 Å². The summed E-state index contributed by atoms with van der Waals surface area (Å²) in [5, 5.41) is 5.86. The van der Waals surface area contributed by atoms with Crippen molar-refractivity contribution in [3.05, 3.63) is 24.3 Å². The van der Waals surface area contributed by atoms with Gasteiger partial charge in [0.05, 0.1) is 6.61 Å². The maximum Gasteiger partial charge on any atom is 0.225 e. The summed E-state index contributed by atoms with van der Waals surface area (Å²) >= 11 is 5.06. The van der Waals surface area contributed by atoms with E-state index in [0.717, 1.165) is 17.9 Å². The van der Waals surface area contributed by atoms with Crippen molar-refractivity contribution in [3.63, 3.8) is 0 Å². The van der Waals surface area contributed by atoms with E-state index in [9.17, 15) is 4.79 Å². The van der Waals surface area contributed by atoms with Gasteiger partial charge < -0.3 is 15.4 Å². The van der Waals surface area contributed by atoms with E-state index in [1.165, 1.54) is 0 Å². The van der Waals surface area contributed by atoms with E-state index in [1.807, 2.05) is 24.3 Å². The number of benzene rings is 1. The number of nitrogens with one attached hydrogen (secondary N) is 2. The first-order valence-electron chi connectivity index (χ1n) is 6.85. The minimum atomic E-state index is -0.105. The molecule has 0 spiro atoms. The van der Waals surface area contributed by atoms with Gasteiger partial charge in [-0.05, 0) is 36.7 Å². The highest BCUT2D eigenvalue weighted by Gasteiger charge is 2.03. The molecule has 0 unspecified atom stereocenters. The maximum absolute atomic E-state index is 11.2. The molecule has 110 valence electrons. The van der Waals surface area contributed by atoms with Gasteiger partial charge >= 0.3 is 0 Å². The summed E-state index contributed by atoms with van der Waals surface area (Å²) in [5.74, 6) is 1.31. The monoisotopic (exact) mass is 294 g/mol. The van der Waals surface area contributed by atoms with E-state index in [0.29, 0.717) is 24.1 Å². The van der Waals surface area contributed by atoms with Crippen molar-refractivity contribution >= 4 is 28.9 Å². The van der Waals surface area contributed by atoms with E-state index >= 15 is 0 Å². The van der Waals surface area contributed by atoms with Crippen LogP contribution in [0.25, 0.3) is 0 Å². The van der Waals surface area contributed by atoms with E-state index < -0.39 is 0 Å². The molecule has 0 atom stereocenters. The standard InChI is InChI=1S/C15H22N2O2S/c1-4-14(18)17-15(20)16-12-6-5-7-13(10-12)19-9-8-11(2)3/h5-7,10-11H,4,8-9H2,1-3H3,(H2,16,17,18,20). The number of carbonyl (C=O) groups excluding carboxylic acids is 1. The highest BCUT2D eigenvalue weighted by Crippen LogP contribution is 2.18. The fraction of sp³-hybridized carbons (Fsp3) is 0.467. The smallest absolute Gasteiger partial charge is 0.225 e. The van der Waals surface area contributed by atoms with Gasteiger partial charge in [-0.1, -0.05) is 26.8 Å². The van der Waals surface area contributed by atoms with Crippen molar-refractivity contribution in [1.29, 1.82) is 0 Å². The fourth-order valence-electron chi connectivity index (χ4n) is 1.45. The van der Waals surface area contributed by atoms with Gasteiger partial charge in [0.2, 0.25) is 5.91 Å². The lowest BCUT2D eigenvalue weighted by Gasteiger charge is -2.11. The van der Waals surface area contributed by atoms with Crippen molar-refractivity contribution in [1.82, 2.24) is 5.32 Å². The number of carbonyl (C=O) groups is 1. The number of hydrogen-bond donors (Lipinski definition) is 2. The molecule has 0 fully saturated rings. The number of rotatable bonds is 6. The minimum absolute atomic E-state index is 0.105. The number of anilines is 1. The molecule has 4 nitrogen and oxygen atoms in total. The van der Waals surface area contributed by atoms with Gasteiger partial charge in [-0.3, -0.25) is 4.79 Å². The lowest BCUT2D eigenvalue weighted by molar-refractivity contribution is -0.119. The van der Waals surface area contributed by atoms with Crippen molar-refractivity contribution in [2.24, 2.45) is 5.92 Å². The SMILES string of the molecule is CCC(=O)NC(=S)Nc1cccc(OCCC(C)C)c1. The van der Waals surface area contributed by atoms with Gasteiger partial charge in [-0.25, -0.2) is 0 Å². The second-order valence-electron chi connectivity index (χ2n) is 4.91. The molecule has 1 rings (SSSR count). The van der Waals surface area contributed by atoms with Gasteiger partial charge in [0.25, 0.3) is 0 Å². The summed E-state index contributed by atoms with van der Waals surface area (Å²) in [6.07, 6.45) is 1.42. The Kier molecular flexibility index (Phi) is 7.01. The summed E-state index contributed by atoms with van der Waals surface area (Å²) in [7, 11) is 0.